The van der Waals surface area contributed by atoms with E-state index in [-0.39, 0.29) is 11.2 Å². The molecule has 1 N–H and O–H groups in total. The molecule has 1 nitrogen and oxygen atoms in total. The first-order chi connectivity index (χ1) is 7.50. The predicted molar refractivity (Wildman–Crippen MR) is 67.4 cm³/mol. The van der Waals surface area contributed by atoms with Gasteiger partial charge in [-0.05, 0) is 49.1 Å². The molecule has 16 heavy (non-hydrogen) atoms. The number of nitrogens with one attached hydrogen (secondary N) is 1. The zero-order valence-corrected chi connectivity index (χ0v) is 10.9. The summed E-state index contributed by atoms with van der Waals surface area (Å²) in [6.07, 6.45) is 1.82. The van der Waals surface area contributed by atoms with E-state index in [0.29, 0.717) is 5.02 Å². The van der Waals surface area contributed by atoms with E-state index < -0.39 is 0 Å². The highest BCUT2D eigenvalue weighted by molar-refractivity contribution is 6.31. The summed E-state index contributed by atoms with van der Waals surface area (Å²) in [5.41, 5.74) is 1.01. The maximum absolute atomic E-state index is 13.1. The van der Waals surface area contributed by atoms with Crippen LogP contribution in [0.2, 0.25) is 5.02 Å². The van der Waals surface area contributed by atoms with Crippen molar-refractivity contribution in [1.29, 1.82) is 0 Å². The molecule has 0 heterocycles. The topological polar surface area (TPSA) is 12.0 Å². The lowest BCUT2D eigenvalue weighted by molar-refractivity contribution is 0.298. The third kappa shape index (κ3) is 3.46. The van der Waals surface area contributed by atoms with Crippen LogP contribution in [0.25, 0.3) is 0 Å². The standard InChI is InChI=1S/C13H19ClFN/c1-4-13(2,9-16-3)8-10-7-11(15)5-6-12(10)14/h5-7,16H,4,8-9H2,1-3H3. The fourth-order valence-corrected chi connectivity index (χ4v) is 2.06. The second kappa shape index (κ2) is 5.65. The smallest absolute Gasteiger partial charge is 0.123 e. The number of halogens is 2. The molecule has 0 aliphatic rings. The van der Waals surface area contributed by atoms with Crippen LogP contribution >= 0.6 is 11.6 Å². The molecule has 1 rings (SSSR count). The molecule has 0 aromatic heterocycles. The van der Waals surface area contributed by atoms with Crippen LogP contribution in [0.1, 0.15) is 25.8 Å². The molecule has 1 aromatic rings. The van der Waals surface area contributed by atoms with Crippen LogP contribution in [0.3, 0.4) is 0 Å². The average molecular weight is 244 g/mol. The highest BCUT2D eigenvalue weighted by Crippen LogP contribution is 2.29. The summed E-state index contributed by atoms with van der Waals surface area (Å²) in [5, 5.41) is 3.83. The van der Waals surface area contributed by atoms with Crippen molar-refractivity contribution in [3.63, 3.8) is 0 Å². The summed E-state index contributed by atoms with van der Waals surface area (Å²) in [5.74, 6) is -0.220. The van der Waals surface area contributed by atoms with Crippen molar-refractivity contribution < 1.29 is 4.39 Å². The zero-order chi connectivity index (χ0) is 12.2. The van der Waals surface area contributed by atoms with E-state index in [1.807, 2.05) is 7.05 Å². The van der Waals surface area contributed by atoms with E-state index in [9.17, 15) is 4.39 Å². The number of hydrogen-bond donors (Lipinski definition) is 1. The lowest BCUT2D eigenvalue weighted by Gasteiger charge is -2.28. The number of rotatable bonds is 5. The Morgan fingerprint density at radius 3 is 2.69 bits per heavy atom. The van der Waals surface area contributed by atoms with Gasteiger partial charge in [0.15, 0.2) is 0 Å². The Kier molecular flexibility index (Phi) is 4.75. The highest BCUT2D eigenvalue weighted by Gasteiger charge is 2.22. The Hall–Kier alpha value is -0.600. The molecule has 0 saturated carbocycles. The van der Waals surface area contributed by atoms with Crippen molar-refractivity contribution in [2.24, 2.45) is 5.41 Å². The molecule has 90 valence electrons. The van der Waals surface area contributed by atoms with E-state index in [1.54, 1.807) is 6.07 Å². The minimum absolute atomic E-state index is 0.117. The first-order valence-electron chi connectivity index (χ1n) is 5.59. The fraction of sp³-hybridized carbons (Fsp3) is 0.538. The molecule has 0 bridgehead atoms. The molecule has 1 unspecified atom stereocenters. The first kappa shape index (κ1) is 13.5. The van der Waals surface area contributed by atoms with Gasteiger partial charge in [-0.1, -0.05) is 25.4 Å². The van der Waals surface area contributed by atoms with Gasteiger partial charge in [-0.2, -0.15) is 0 Å². The van der Waals surface area contributed by atoms with Gasteiger partial charge in [-0.3, -0.25) is 0 Å². The molecule has 1 atom stereocenters. The third-order valence-electron chi connectivity index (χ3n) is 3.08. The highest BCUT2D eigenvalue weighted by atomic mass is 35.5. The van der Waals surface area contributed by atoms with Crippen molar-refractivity contribution in [1.82, 2.24) is 5.32 Å². The average Bonchev–Trinajstić information content (AvgIpc) is 2.24. The Labute approximate surface area is 102 Å². The number of benzene rings is 1. The minimum atomic E-state index is -0.220. The molecular formula is C13H19ClFN. The van der Waals surface area contributed by atoms with Crippen molar-refractivity contribution >= 4 is 11.6 Å². The molecule has 3 heteroatoms. The van der Waals surface area contributed by atoms with Crippen molar-refractivity contribution in [3.05, 3.63) is 34.6 Å². The number of hydrogen-bond acceptors (Lipinski definition) is 1. The summed E-state index contributed by atoms with van der Waals surface area (Å²) < 4.78 is 13.1. The van der Waals surface area contributed by atoms with Crippen molar-refractivity contribution in [2.75, 3.05) is 13.6 Å². The van der Waals surface area contributed by atoms with Crippen LogP contribution in [0.15, 0.2) is 18.2 Å². The van der Waals surface area contributed by atoms with Gasteiger partial charge in [-0.25, -0.2) is 4.39 Å². The van der Waals surface area contributed by atoms with Crippen molar-refractivity contribution in [2.45, 2.75) is 26.7 Å². The van der Waals surface area contributed by atoms with Gasteiger partial charge in [0.1, 0.15) is 5.82 Å². The van der Waals surface area contributed by atoms with Crippen LogP contribution in [0.4, 0.5) is 4.39 Å². The molecule has 0 amide bonds. The molecule has 0 saturated heterocycles. The van der Waals surface area contributed by atoms with Gasteiger partial charge in [0.25, 0.3) is 0 Å². The normalized spacial score (nSPS) is 14.8. The summed E-state index contributed by atoms with van der Waals surface area (Å²) in [6, 6.07) is 4.56. The maximum Gasteiger partial charge on any atom is 0.123 e. The fourth-order valence-electron chi connectivity index (χ4n) is 1.88. The molecule has 1 aromatic carbocycles. The van der Waals surface area contributed by atoms with E-state index in [1.165, 1.54) is 12.1 Å². The molecule has 0 radical (unpaired) electrons. The summed E-state index contributed by atoms with van der Waals surface area (Å²) >= 11 is 6.07. The lowest BCUT2D eigenvalue weighted by atomic mass is 9.81. The third-order valence-corrected chi connectivity index (χ3v) is 3.45. The Morgan fingerprint density at radius 2 is 2.12 bits per heavy atom. The van der Waals surface area contributed by atoms with E-state index in [2.05, 4.69) is 19.2 Å². The largest absolute Gasteiger partial charge is 0.319 e. The van der Waals surface area contributed by atoms with Gasteiger partial charge >= 0.3 is 0 Å². The van der Waals surface area contributed by atoms with E-state index in [4.69, 9.17) is 11.6 Å². The monoisotopic (exact) mass is 243 g/mol. The first-order valence-corrected chi connectivity index (χ1v) is 5.97. The Morgan fingerprint density at radius 1 is 1.44 bits per heavy atom. The second-order valence-corrected chi connectivity index (χ2v) is 5.01. The Bertz CT molecular complexity index is 354. The SMILES string of the molecule is CCC(C)(CNC)Cc1cc(F)ccc1Cl. The van der Waals surface area contributed by atoms with Gasteiger partial charge in [0, 0.05) is 11.6 Å². The molecule has 0 spiro atoms. The summed E-state index contributed by atoms with van der Waals surface area (Å²) in [4.78, 5) is 0. The minimum Gasteiger partial charge on any atom is -0.319 e. The lowest BCUT2D eigenvalue weighted by Crippen LogP contribution is -2.31. The Balaban J connectivity index is 2.89. The van der Waals surface area contributed by atoms with Gasteiger partial charge in [0.2, 0.25) is 0 Å². The second-order valence-electron chi connectivity index (χ2n) is 4.61. The van der Waals surface area contributed by atoms with E-state index in [0.717, 1.165) is 24.9 Å². The molecule has 0 aliphatic carbocycles. The van der Waals surface area contributed by atoms with Crippen LogP contribution in [0, 0.1) is 11.2 Å². The zero-order valence-electron chi connectivity index (χ0n) is 10.1. The van der Waals surface area contributed by atoms with Crippen LogP contribution in [-0.4, -0.2) is 13.6 Å². The molecule has 0 aliphatic heterocycles. The quantitative estimate of drug-likeness (QED) is 0.832. The summed E-state index contributed by atoms with van der Waals surface area (Å²) in [6.45, 7) is 5.23. The summed E-state index contributed by atoms with van der Waals surface area (Å²) in [7, 11) is 1.93. The molecular weight excluding hydrogens is 225 g/mol. The van der Waals surface area contributed by atoms with Gasteiger partial charge in [0.05, 0.1) is 0 Å². The van der Waals surface area contributed by atoms with Crippen LogP contribution in [-0.2, 0) is 6.42 Å². The van der Waals surface area contributed by atoms with Gasteiger partial charge in [-0.15, -0.1) is 0 Å². The maximum atomic E-state index is 13.1. The van der Waals surface area contributed by atoms with Gasteiger partial charge < -0.3 is 5.32 Å². The van der Waals surface area contributed by atoms with Crippen LogP contribution in [0.5, 0.6) is 0 Å². The predicted octanol–water partition coefficient (Wildman–Crippen LogP) is 3.66. The van der Waals surface area contributed by atoms with E-state index >= 15 is 0 Å². The van der Waals surface area contributed by atoms with Crippen LogP contribution < -0.4 is 5.32 Å². The van der Waals surface area contributed by atoms with Crippen molar-refractivity contribution in [3.8, 4) is 0 Å². The molecule has 0 fully saturated rings.